The van der Waals surface area contributed by atoms with Gasteiger partial charge in [-0.3, -0.25) is 5.10 Å². The third kappa shape index (κ3) is 4.81. The molecule has 4 aromatic rings. The Balaban J connectivity index is 1.48. The summed E-state index contributed by atoms with van der Waals surface area (Å²) in [4.78, 5) is 24.1. The highest BCUT2D eigenvalue weighted by Gasteiger charge is 2.33. The van der Waals surface area contributed by atoms with Crippen LogP contribution in [-0.2, 0) is 10.9 Å². The number of esters is 1. The molecule has 3 N–H and O–H groups in total. The molecule has 0 unspecified atom stereocenters. The number of aromatic nitrogens is 2. The van der Waals surface area contributed by atoms with Crippen molar-refractivity contribution in [2.45, 2.75) is 6.18 Å². The van der Waals surface area contributed by atoms with E-state index in [4.69, 9.17) is 16.3 Å². The number of H-pyrrole nitrogens is 1. The van der Waals surface area contributed by atoms with E-state index < -0.39 is 28.8 Å². The third-order valence-electron chi connectivity index (χ3n) is 4.95. The third-order valence-corrected chi connectivity index (χ3v) is 5.28. The first-order valence-corrected chi connectivity index (χ1v) is 10.1. The fourth-order valence-corrected chi connectivity index (χ4v) is 3.53. The maximum absolute atomic E-state index is 13.0. The summed E-state index contributed by atoms with van der Waals surface area (Å²) < 4.78 is 43.7. The van der Waals surface area contributed by atoms with Gasteiger partial charge in [0.1, 0.15) is 0 Å². The van der Waals surface area contributed by atoms with Crippen molar-refractivity contribution in [3.8, 4) is 11.1 Å². The van der Waals surface area contributed by atoms with Crippen LogP contribution in [0.2, 0.25) is 5.02 Å². The summed E-state index contributed by atoms with van der Waals surface area (Å²) in [6.45, 7) is 0. The van der Waals surface area contributed by atoms with Crippen molar-refractivity contribution in [1.82, 2.24) is 10.2 Å². The Hall–Kier alpha value is -4.05. The maximum atomic E-state index is 13.0. The predicted octanol–water partition coefficient (Wildman–Crippen LogP) is 6.33. The average molecular weight is 489 g/mol. The Bertz CT molecular complexity index is 1380. The molecule has 0 spiro atoms. The molecule has 0 atom stereocenters. The molecule has 11 heteroatoms. The molecule has 2 amide bonds. The molecule has 4 rings (SSSR count). The summed E-state index contributed by atoms with van der Waals surface area (Å²) in [7, 11) is 1.27. The second-order valence-electron chi connectivity index (χ2n) is 7.17. The second-order valence-corrected chi connectivity index (χ2v) is 7.58. The molecule has 0 radical (unpaired) electrons. The van der Waals surface area contributed by atoms with Crippen LogP contribution in [0, 0.1) is 0 Å². The zero-order valence-corrected chi connectivity index (χ0v) is 18.2. The Kier molecular flexibility index (Phi) is 6.16. The summed E-state index contributed by atoms with van der Waals surface area (Å²) >= 11 is 5.59. The van der Waals surface area contributed by atoms with Crippen LogP contribution in [0.25, 0.3) is 22.0 Å². The van der Waals surface area contributed by atoms with Gasteiger partial charge < -0.3 is 15.4 Å². The van der Waals surface area contributed by atoms with Crippen LogP contribution < -0.4 is 10.6 Å². The second kappa shape index (κ2) is 9.06. The normalized spacial score (nSPS) is 11.3. The summed E-state index contributed by atoms with van der Waals surface area (Å²) in [5, 5.41) is 11.8. The quantitative estimate of drug-likeness (QED) is 0.292. The van der Waals surface area contributed by atoms with Crippen molar-refractivity contribution in [2.75, 3.05) is 17.7 Å². The summed E-state index contributed by atoms with van der Waals surface area (Å²) in [6.07, 6.45) is -4.64. The van der Waals surface area contributed by atoms with Crippen molar-refractivity contribution in [1.29, 1.82) is 0 Å². The van der Waals surface area contributed by atoms with E-state index in [-0.39, 0.29) is 11.4 Å². The molecule has 0 bridgehead atoms. The summed E-state index contributed by atoms with van der Waals surface area (Å²) in [5.41, 5.74) is 1.78. The number of hydrogen-bond acceptors (Lipinski definition) is 4. The molecular formula is C23H16ClF3N4O3. The van der Waals surface area contributed by atoms with Crippen LogP contribution in [0.1, 0.15) is 16.1 Å². The van der Waals surface area contributed by atoms with Crippen molar-refractivity contribution in [3.05, 3.63) is 76.9 Å². The number of aromatic amines is 1. The number of rotatable bonds is 4. The van der Waals surface area contributed by atoms with Gasteiger partial charge in [-0.2, -0.15) is 18.3 Å². The van der Waals surface area contributed by atoms with Crippen LogP contribution in [0.5, 0.6) is 0 Å². The fourth-order valence-electron chi connectivity index (χ4n) is 3.31. The Labute approximate surface area is 195 Å². The average Bonchev–Trinajstić information content (AvgIpc) is 3.23. The molecule has 1 heterocycles. The number of anilines is 2. The van der Waals surface area contributed by atoms with Gasteiger partial charge in [-0.15, -0.1) is 0 Å². The smallest absolute Gasteiger partial charge is 0.417 e. The van der Waals surface area contributed by atoms with E-state index in [9.17, 15) is 22.8 Å². The Morgan fingerprint density at radius 2 is 1.59 bits per heavy atom. The number of methoxy groups -OCH3 is 1. The van der Waals surface area contributed by atoms with E-state index in [0.29, 0.717) is 16.6 Å². The molecule has 34 heavy (non-hydrogen) atoms. The van der Waals surface area contributed by atoms with Crippen LogP contribution in [0.3, 0.4) is 0 Å². The van der Waals surface area contributed by atoms with Crippen molar-refractivity contribution >= 4 is 45.9 Å². The minimum Gasteiger partial charge on any atom is -0.464 e. The minimum atomic E-state index is -4.64. The van der Waals surface area contributed by atoms with E-state index in [1.165, 1.54) is 13.2 Å². The van der Waals surface area contributed by atoms with Gasteiger partial charge in [0, 0.05) is 16.8 Å². The number of nitrogens with one attached hydrogen (secondary N) is 3. The Morgan fingerprint density at radius 1 is 0.941 bits per heavy atom. The SMILES string of the molecule is COC(=O)c1n[nH]c2ccc(-c3ccc(NC(=O)Nc4ccc(Cl)c(C(F)(F)F)c4)cc3)cc12. The molecule has 3 aromatic carbocycles. The van der Waals surface area contributed by atoms with E-state index in [1.54, 1.807) is 36.4 Å². The fraction of sp³-hybridized carbons (Fsp3) is 0.0870. The van der Waals surface area contributed by atoms with Crippen LogP contribution in [-0.4, -0.2) is 29.3 Å². The molecule has 0 aliphatic rings. The molecule has 0 saturated heterocycles. The molecule has 174 valence electrons. The standard InChI is InChI=1S/C23H16ClF3N4O3/c1-34-21(32)20-16-10-13(4-9-19(16)30-31-20)12-2-5-14(6-3-12)28-22(33)29-15-7-8-18(24)17(11-15)23(25,26)27/h2-11H,1H3,(H,30,31)(H2,28,29,33). The monoisotopic (exact) mass is 488 g/mol. The molecule has 1 aromatic heterocycles. The van der Waals surface area contributed by atoms with Crippen LogP contribution in [0.4, 0.5) is 29.3 Å². The van der Waals surface area contributed by atoms with E-state index in [1.807, 2.05) is 6.07 Å². The topological polar surface area (TPSA) is 96.1 Å². The first-order chi connectivity index (χ1) is 16.2. The predicted molar refractivity (Wildman–Crippen MR) is 122 cm³/mol. The lowest BCUT2D eigenvalue weighted by atomic mass is 10.0. The first kappa shape index (κ1) is 23.1. The Morgan fingerprint density at radius 3 is 2.26 bits per heavy atom. The van der Waals surface area contributed by atoms with Crippen molar-refractivity contribution in [2.24, 2.45) is 0 Å². The highest BCUT2D eigenvalue weighted by atomic mass is 35.5. The number of benzene rings is 3. The number of fused-ring (bicyclic) bond motifs is 1. The zero-order chi connectivity index (χ0) is 24.5. The highest BCUT2D eigenvalue weighted by Crippen LogP contribution is 2.36. The van der Waals surface area contributed by atoms with Gasteiger partial charge >= 0.3 is 18.2 Å². The molecule has 0 aliphatic heterocycles. The van der Waals surface area contributed by atoms with E-state index in [2.05, 4.69) is 20.8 Å². The van der Waals surface area contributed by atoms with Gasteiger partial charge in [0.05, 0.1) is 23.2 Å². The summed E-state index contributed by atoms with van der Waals surface area (Å²) in [5.74, 6) is -0.558. The van der Waals surface area contributed by atoms with E-state index >= 15 is 0 Å². The summed E-state index contributed by atoms with van der Waals surface area (Å²) in [6, 6.07) is 14.6. The van der Waals surface area contributed by atoms with Crippen LogP contribution in [0.15, 0.2) is 60.7 Å². The molecule has 0 fully saturated rings. The first-order valence-electron chi connectivity index (χ1n) is 9.77. The van der Waals surface area contributed by atoms with Gasteiger partial charge in [-0.25, -0.2) is 9.59 Å². The van der Waals surface area contributed by atoms with Crippen LogP contribution >= 0.6 is 11.6 Å². The number of halogens is 4. The zero-order valence-electron chi connectivity index (χ0n) is 17.5. The number of nitrogens with zero attached hydrogens (tertiary/aromatic N) is 1. The lowest BCUT2D eigenvalue weighted by Gasteiger charge is -2.12. The molecular weight excluding hydrogens is 473 g/mol. The number of urea groups is 1. The maximum Gasteiger partial charge on any atom is 0.417 e. The highest BCUT2D eigenvalue weighted by molar-refractivity contribution is 6.31. The van der Waals surface area contributed by atoms with Gasteiger partial charge in [0.25, 0.3) is 0 Å². The van der Waals surface area contributed by atoms with Crippen molar-refractivity contribution in [3.63, 3.8) is 0 Å². The number of alkyl halides is 3. The van der Waals surface area contributed by atoms with E-state index in [0.717, 1.165) is 23.3 Å². The van der Waals surface area contributed by atoms with Gasteiger partial charge in [-0.1, -0.05) is 29.8 Å². The number of hydrogen-bond donors (Lipinski definition) is 3. The number of carbonyl (C=O) groups is 2. The number of carbonyl (C=O) groups excluding carboxylic acids is 2. The largest absolute Gasteiger partial charge is 0.464 e. The minimum absolute atomic E-state index is 0.0549. The van der Waals surface area contributed by atoms with Gasteiger partial charge in [-0.05, 0) is 53.6 Å². The number of amides is 2. The number of ether oxygens (including phenoxy) is 1. The molecule has 7 nitrogen and oxygen atoms in total. The van der Waals surface area contributed by atoms with Crippen molar-refractivity contribution < 1.29 is 27.5 Å². The lowest BCUT2D eigenvalue weighted by molar-refractivity contribution is -0.137. The molecule has 0 saturated carbocycles. The van der Waals surface area contributed by atoms with Gasteiger partial charge in [0.15, 0.2) is 5.69 Å². The lowest BCUT2D eigenvalue weighted by Crippen LogP contribution is -2.19. The van der Waals surface area contributed by atoms with Gasteiger partial charge in [0.2, 0.25) is 0 Å². The molecule has 0 aliphatic carbocycles.